The van der Waals surface area contributed by atoms with E-state index >= 15 is 0 Å². The zero-order chi connectivity index (χ0) is 23.4. The first-order valence-electron chi connectivity index (χ1n) is 10.7. The van der Waals surface area contributed by atoms with Gasteiger partial charge in [0, 0.05) is 22.1 Å². The van der Waals surface area contributed by atoms with Gasteiger partial charge in [0.15, 0.2) is 0 Å². The number of hydrazone groups is 1. The molecular weight excluding hydrogens is 482 g/mol. The molecule has 3 aromatic carbocycles. The molecule has 7 heteroatoms. The second kappa shape index (κ2) is 10.0. The lowest BCUT2D eigenvalue weighted by atomic mass is 9.98. The Morgan fingerprint density at radius 3 is 2.30 bits per heavy atom. The molecule has 1 N–H and O–H groups in total. The van der Waals surface area contributed by atoms with Gasteiger partial charge in [0.25, 0.3) is 5.91 Å². The van der Waals surface area contributed by atoms with E-state index in [9.17, 15) is 9.59 Å². The molecular formula is C26H24BrN3O3. The number of amides is 2. The Morgan fingerprint density at radius 2 is 1.67 bits per heavy atom. The normalized spacial score (nSPS) is 15.3. The van der Waals surface area contributed by atoms with Crippen LogP contribution in [-0.2, 0) is 4.74 Å². The summed E-state index contributed by atoms with van der Waals surface area (Å²) in [5.74, 6) is -0.152. The fourth-order valence-corrected chi connectivity index (χ4v) is 3.90. The Morgan fingerprint density at radius 1 is 1.00 bits per heavy atom. The van der Waals surface area contributed by atoms with Crippen LogP contribution < -0.4 is 5.32 Å². The minimum Gasteiger partial charge on any atom is -0.447 e. The Labute approximate surface area is 201 Å². The zero-order valence-corrected chi connectivity index (χ0v) is 20.0. The van der Waals surface area contributed by atoms with Gasteiger partial charge in [-0.1, -0.05) is 58.4 Å². The summed E-state index contributed by atoms with van der Waals surface area (Å²) in [6.07, 6.45) is -0.0956. The van der Waals surface area contributed by atoms with E-state index in [1.807, 2.05) is 54.6 Å². The molecule has 0 aliphatic carbocycles. The van der Waals surface area contributed by atoms with Crippen LogP contribution in [0.5, 0.6) is 0 Å². The Kier molecular flexibility index (Phi) is 6.89. The monoisotopic (exact) mass is 505 g/mol. The van der Waals surface area contributed by atoms with E-state index in [0.717, 1.165) is 21.3 Å². The second-order valence-corrected chi connectivity index (χ2v) is 8.91. The molecule has 4 rings (SSSR count). The third kappa shape index (κ3) is 5.49. The molecule has 1 atom stereocenters. The minimum absolute atomic E-state index is 0.152. The number of hydrogen-bond acceptors (Lipinski definition) is 4. The van der Waals surface area contributed by atoms with E-state index in [2.05, 4.69) is 21.2 Å². The third-order valence-electron chi connectivity index (χ3n) is 5.20. The van der Waals surface area contributed by atoms with Crippen LogP contribution in [0.3, 0.4) is 0 Å². The molecule has 0 radical (unpaired) electrons. The smallest absolute Gasteiger partial charge is 0.411 e. The maximum absolute atomic E-state index is 13.3. The van der Waals surface area contributed by atoms with Crippen LogP contribution in [0.4, 0.5) is 10.5 Å². The summed E-state index contributed by atoms with van der Waals surface area (Å²) in [4.78, 5) is 25.2. The summed E-state index contributed by atoms with van der Waals surface area (Å²) in [7, 11) is 0. The van der Waals surface area contributed by atoms with E-state index in [4.69, 9.17) is 9.84 Å². The van der Waals surface area contributed by atoms with Gasteiger partial charge in [0.05, 0.1) is 17.9 Å². The summed E-state index contributed by atoms with van der Waals surface area (Å²) in [6.45, 7) is 3.59. The number of carbonyl (C=O) groups excluding carboxylic acids is 2. The molecule has 3 aromatic rings. The van der Waals surface area contributed by atoms with E-state index in [1.165, 1.54) is 0 Å². The molecule has 168 valence electrons. The van der Waals surface area contributed by atoms with Crippen LogP contribution in [0, 0.1) is 0 Å². The fraction of sp³-hybridized carbons (Fsp3) is 0.192. The summed E-state index contributed by atoms with van der Waals surface area (Å²) in [5.41, 5.74) is 3.93. The van der Waals surface area contributed by atoms with Crippen molar-refractivity contribution in [1.29, 1.82) is 0 Å². The number of rotatable bonds is 5. The lowest BCUT2D eigenvalue weighted by Gasteiger charge is -2.22. The number of carbonyl (C=O) groups is 2. The van der Waals surface area contributed by atoms with Crippen molar-refractivity contribution in [3.8, 4) is 0 Å². The van der Waals surface area contributed by atoms with Gasteiger partial charge in [-0.25, -0.2) is 9.80 Å². The third-order valence-corrected chi connectivity index (χ3v) is 5.73. The van der Waals surface area contributed by atoms with Crippen molar-refractivity contribution in [2.45, 2.75) is 32.4 Å². The summed E-state index contributed by atoms with van der Waals surface area (Å²) >= 11 is 3.41. The van der Waals surface area contributed by atoms with Gasteiger partial charge < -0.3 is 4.74 Å². The van der Waals surface area contributed by atoms with E-state index in [1.54, 1.807) is 43.1 Å². The molecule has 0 spiro atoms. The number of ether oxygens (including phenoxy) is 1. The lowest BCUT2D eigenvalue weighted by molar-refractivity contribution is 0.0711. The number of halogens is 1. The van der Waals surface area contributed by atoms with Crippen LogP contribution >= 0.6 is 15.9 Å². The molecule has 1 unspecified atom stereocenters. The Bertz CT molecular complexity index is 1160. The number of anilines is 1. The van der Waals surface area contributed by atoms with Crippen molar-refractivity contribution in [1.82, 2.24) is 5.01 Å². The van der Waals surface area contributed by atoms with Gasteiger partial charge in [-0.3, -0.25) is 10.1 Å². The predicted octanol–water partition coefficient (Wildman–Crippen LogP) is 6.40. The van der Waals surface area contributed by atoms with Crippen molar-refractivity contribution in [2.75, 3.05) is 5.32 Å². The molecule has 2 amide bonds. The van der Waals surface area contributed by atoms with Gasteiger partial charge in [-0.05, 0) is 61.4 Å². The summed E-state index contributed by atoms with van der Waals surface area (Å²) in [5, 5.41) is 9.00. The lowest BCUT2D eigenvalue weighted by Crippen LogP contribution is -2.27. The Balaban J connectivity index is 1.59. The molecule has 0 saturated heterocycles. The van der Waals surface area contributed by atoms with E-state index < -0.39 is 6.09 Å². The van der Waals surface area contributed by atoms with E-state index in [0.29, 0.717) is 17.7 Å². The number of hydrogen-bond donors (Lipinski definition) is 1. The SMILES string of the molecule is CC(C)OC(=O)Nc1ccc(C2=NN(C(=O)c3ccc(Br)cc3)C(c3ccccc3)C2)cc1. The highest BCUT2D eigenvalue weighted by Crippen LogP contribution is 2.34. The molecule has 1 aliphatic heterocycles. The van der Waals surface area contributed by atoms with Crippen LogP contribution in [0.15, 0.2) is 88.4 Å². The molecule has 1 aliphatic rings. The topological polar surface area (TPSA) is 71.0 Å². The predicted molar refractivity (Wildman–Crippen MR) is 132 cm³/mol. The molecule has 0 aromatic heterocycles. The highest BCUT2D eigenvalue weighted by atomic mass is 79.9. The molecule has 6 nitrogen and oxygen atoms in total. The van der Waals surface area contributed by atoms with Gasteiger partial charge in [0.1, 0.15) is 0 Å². The largest absolute Gasteiger partial charge is 0.447 e. The average molecular weight is 506 g/mol. The molecule has 0 bridgehead atoms. The van der Waals surface area contributed by atoms with Crippen molar-refractivity contribution in [2.24, 2.45) is 5.10 Å². The first-order valence-corrected chi connectivity index (χ1v) is 11.5. The average Bonchev–Trinajstić information content (AvgIpc) is 3.25. The maximum Gasteiger partial charge on any atom is 0.411 e. The first kappa shape index (κ1) is 22.7. The van der Waals surface area contributed by atoms with Crippen LogP contribution in [0.1, 0.15) is 47.8 Å². The minimum atomic E-state index is -0.494. The molecule has 0 saturated carbocycles. The number of nitrogens with one attached hydrogen (secondary N) is 1. The van der Waals surface area contributed by atoms with Crippen LogP contribution in [0.25, 0.3) is 0 Å². The Hall–Kier alpha value is -3.45. The maximum atomic E-state index is 13.3. The molecule has 33 heavy (non-hydrogen) atoms. The van der Waals surface area contributed by atoms with Crippen molar-refractivity contribution in [3.05, 3.63) is 100 Å². The summed E-state index contributed by atoms with van der Waals surface area (Å²) in [6, 6.07) is 24.4. The van der Waals surface area contributed by atoms with E-state index in [-0.39, 0.29) is 18.1 Å². The second-order valence-electron chi connectivity index (χ2n) is 7.99. The highest BCUT2D eigenvalue weighted by molar-refractivity contribution is 9.10. The summed E-state index contributed by atoms with van der Waals surface area (Å²) < 4.78 is 6.03. The first-order chi connectivity index (χ1) is 15.9. The zero-order valence-electron chi connectivity index (χ0n) is 18.4. The van der Waals surface area contributed by atoms with Crippen LogP contribution in [-0.4, -0.2) is 28.8 Å². The number of benzene rings is 3. The van der Waals surface area contributed by atoms with Crippen molar-refractivity contribution in [3.63, 3.8) is 0 Å². The standard InChI is InChI=1S/C26H24BrN3O3/c1-17(2)33-26(32)28-22-14-10-18(11-15-22)23-16-24(19-6-4-3-5-7-19)30(29-23)25(31)20-8-12-21(27)13-9-20/h3-15,17,24H,16H2,1-2H3,(H,28,32). The van der Waals surface area contributed by atoms with Crippen molar-refractivity contribution >= 4 is 39.3 Å². The molecule has 0 fully saturated rings. The fourth-order valence-electron chi connectivity index (χ4n) is 3.64. The van der Waals surface area contributed by atoms with Gasteiger partial charge in [-0.15, -0.1) is 0 Å². The molecule has 1 heterocycles. The number of nitrogens with zero attached hydrogens (tertiary/aromatic N) is 2. The van der Waals surface area contributed by atoms with Crippen LogP contribution in [0.2, 0.25) is 0 Å². The van der Waals surface area contributed by atoms with Crippen molar-refractivity contribution < 1.29 is 14.3 Å². The highest BCUT2D eigenvalue weighted by Gasteiger charge is 2.33. The quantitative estimate of drug-likeness (QED) is 0.436. The van der Waals surface area contributed by atoms with Gasteiger partial charge >= 0.3 is 6.09 Å². The van der Waals surface area contributed by atoms with Gasteiger partial charge in [-0.2, -0.15) is 5.10 Å². The van der Waals surface area contributed by atoms with Gasteiger partial charge in [0.2, 0.25) is 0 Å².